The summed E-state index contributed by atoms with van der Waals surface area (Å²) in [6.07, 6.45) is -0.318. The first kappa shape index (κ1) is 13.8. The maximum atomic E-state index is 10.3. The molecule has 0 unspecified atom stereocenters. The molecule has 5 nitrogen and oxygen atoms in total. The van der Waals surface area contributed by atoms with E-state index in [0.717, 1.165) is 12.0 Å². The third-order valence-corrected chi connectivity index (χ3v) is 4.13. The van der Waals surface area contributed by atoms with Crippen LogP contribution in [0.25, 0.3) is 0 Å². The molecule has 1 aromatic rings. The second kappa shape index (κ2) is 5.33. The summed E-state index contributed by atoms with van der Waals surface area (Å²) in [5, 5.41) is 29.4. The van der Waals surface area contributed by atoms with Gasteiger partial charge < -0.3 is 24.8 Å². The summed E-state index contributed by atoms with van der Waals surface area (Å²) in [7, 11) is 0. The predicted molar refractivity (Wildman–Crippen MR) is 71.3 cm³/mol. The van der Waals surface area contributed by atoms with Gasteiger partial charge in [0, 0.05) is 19.4 Å². The molecule has 2 aliphatic heterocycles. The standard InChI is InChI=1S/C15H20O5/c16-8-6-11-9-12(17)14(18)15(19-11)7-5-10-3-1-2-4-13(10)20-15/h1-4,11-12,14,16-18H,5-9H2/t11-,12+,14-,15-/m1/s1. The molecule has 0 radical (unpaired) electrons. The van der Waals surface area contributed by atoms with Crippen LogP contribution in [0.3, 0.4) is 0 Å². The van der Waals surface area contributed by atoms with Crippen molar-refractivity contribution in [1.29, 1.82) is 0 Å². The first-order chi connectivity index (χ1) is 9.64. The van der Waals surface area contributed by atoms with Crippen molar-refractivity contribution in [2.45, 2.75) is 49.8 Å². The van der Waals surface area contributed by atoms with Gasteiger partial charge in [0.1, 0.15) is 11.9 Å². The van der Waals surface area contributed by atoms with E-state index in [1.807, 2.05) is 24.3 Å². The highest BCUT2D eigenvalue weighted by molar-refractivity contribution is 5.36. The molecule has 1 fully saturated rings. The smallest absolute Gasteiger partial charge is 0.239 e. The Labute approximate surface area is 117 Å². The Morgan fingerprint density at radius 1 is 1.25 bits per heavy atom. The van der Waals surface area contributed by atoms with Gasteiger partial charge in [-0.3, -0.25) is 0 Å². The molecule has 0 amide bonds. The Morgan fingerprint density at radius 2 is 2.05 bits per heavy atom. The van der Waals surface area contributed by atoms with E-state index in [9.17, 15) is 10.2 Å². The SMILES string of the molecule is OCC[C@@H]1C[C@H](O)[C@@H](O)[C@]2(CCc3ccccc3O2)O1. The van der Waals surface area contributed by atoms with E-state index in [1.54, 1.807) is 0 Å². The lowest BCUT2D eigenvalue weighted by atomic mass is 9.88. The van der Waals surface area contributed by atoms with Crippen LogP contribution in [-0.2, 0) is 11.2 Å². The van der Waals surface area contributed by atoms with Crippen LogP contribution in [0, 0.1) is 0 Å². The first-order valence-electron chi connectivity index (χ1n) is 7.06. The van der Waals surface area contributed by atoms with Gasteiger partial charge in [-0.1, -0.05) is 18.2 Å². The molecule has 1 spiro atoms. The molecule has 3 rings (SSSR count). The summed E-state index contributed by atoms with van der Waals surface area (Å²) in [6.45, 7) is -0.0137. The molecule has 3 N–H and O–H groups in total. The minimum atomic E-state index is -1.20. The number of benzene rings is 1. The second-order valence-electron chi connectivity index (χ2n) is 5.52. The Hall–Kier alpha value is -1.14. The Bertz CT molecular complexity index is 477. The number of ether oxygens (including phenoxy) is 2. The van der Waals surface area contributed by atoms with Crippen molar-refractivity contribution in [3.8, 4) is 5.75 Å². The quantitative estimate of drug-likeness (QED) is 0.739. The molecule has 110 valence electrons. The molecule has 1 aromatic carbocycles. The van der Waals surface area contributed by atoms with Crippen molar-refractivity contribution in [3.63, 3.8) is 0 Å². The average Bonchev–Trinajstić information content (AvgIpc) is 2.45. The summed E-state index contributed by atoms with van der Waals surface area (Å²) in [4.78, 5) is 0. The molecule has 20 heavy (non-hydrogen) atoms. The number of rotatable bonds is 2. The van der Waals surface area contributed by atoms with Gasteiger partial charge in [0.15, 0.2) is 0 Å². The monoisotopic (exact) mass is 280 g/mol. The Kier molecular flexibility index (Phi) is 3.69. The van der Waals surface area contributed by atoms with E-state index in [-0.39, 0.29) is 12.7 Å². The van der Waals surface area contributed by atoms with E-state index in [1.165, 1.54) is 0 Å². The average molecular weight is 280 g/mol. The van der Waals surface area contributed by atoms with Crippen LogP contribution < -0.4 is 4.74 Å². The first-order valence-corrected chi connectivity index (χ1v) is 7.06. The molecule has 2 heterocycles. The van der Waals surface area contributed by atoms with Crippen molar-refractivity contribution in [2.24, 2.45) is 0 Å². The molecule has 2 aliphatic rings. The summed E-state index contributed by atoms with van der Waals surface area (Å²) in [6, 6.07) is 7.64. The second-order valence-corrected chi connectivity index (χ2v) is 5.52. The molecule has 0 aromatic heterocycles. The third-order valence-electron chi connectivity index (χ3n) is 4.13. The van der Waals surface area contributed by atoms with Crippen molar-refractivity contribution in [1.82, 2.24) is 0 Å². The van der Waals surface area contributed by atoms with Crippen LogP contribution >= 0.6 is 0 Å². The molecular formula is C15H20O5. The minimum Gasteiger partial charge on any atom is -0.459 e. The fraction of sp³-hybridized carbons (Fsp3) is 0.600. The number of aliphatic hydroxyl groups excluding tert-OH is 3. The topological polar surface area (TPSA) is 79.2 Å². The number of hydrogen-bond donors (Lipinski definition) is 3. The third kappa shape index (κ3) is 2.31. The summed E-state index contributed by atoms with van der Waals surface area (Å²) >= 11 is 0. The maximum Gasteiger partial charge on any atom is 0.239 e. The lowest BCUT2D eigenvalue weighted by molar-refractivity contribution is -0.315. The summed E-state index contributed by atoms with van der Waals surface area (Å²) < 4.78 is 11.8. The van der Waals surface area contributed by atoms with Gasteiger partial charge in [-0.2, -0.15) is 0 Å². The van der Waals surface area contributed by atoms with Crippen LogP contribution in [0.4, 0.5) is 0 Å². The highest BCUT2D eigenvalue weighted by atomic mass is 16.7. The molecule has 0 bridgehead atoms. The van der Waals surface area contributed by atoms with Gasteiger partial charge in [0.25, 0.3) is 0 Å². The molecule has 0 saturated carbocycles. The van der Waals surface area contributed by atoms with E-state index >= 15 is 0 Å². The van der Waals surface area contributed by atoms with Crippen LogP contribution in [0.1, 0.15) is 24.8 Å². The zero-order valence-corrected chi connectivity index (χ0v) is 11.2. The highest BCUT2D eigenvalue weighted by Gasteiger charge is 2.52. The number of aryl methyl sites for hydroxylation is 1. The van der Waals surface area contributed by atoms with E-state index in [0.29, 0.717) is 25.0 Å². The van der Waals surface area contributed by atoms with Crippen LogP contribution in [0.2, 0.25) is 0 Å². The van der Waals surface area contributed by atoms with Gasteiger partial charge in [0.05, 0.1) is 12.2 Å². The molecule has 5 heteroatoms. The lowest BCUT2D eigenvalue weighted by Crippen LogP contribution is -2.62. The van der Waals surface area contributed by atoms with Crippen LogP contribution in [0.5, 0.6) is 5.75 Å². The largest absolute Gasteiger partial charge is 0.459 e. The molecule has 1 saturated heterocycles. The van der Waals surface area contributed by atoms with Gasteiger partial charge in [0.2, 0.25) is 5.79 Å². The Morgan fingerprint density at radius 3 is 2.85 bits per heavy atom. The van der Waals surface area contributed by atoms with Gasteiger partial charge >= 0.3 is 0 Å². The van der Waals surface area contributed by atoms with Crippen molar-refractivity contribution >= 4 is 0 Å². The summed E-state index contributed by atoms with van der Waals surface area (Å²) in [5.41, 5.74) is 1.08. The van der Waals surface area contributed by atoms with Crippen molar-refractivity contribution in [2.75, 3.05) is 6.61 Å². The highest BCUT2D eigenvalue weighted by Crippen LogP contribution is 2.41. The van der Waals surface area contributed by atoms with E-state index in [2.05, 4.69) is 0 Å². The zero-order chi connectivity index (χ0) is 14.2. The van der Waals surface area contributed by atoms with Gasteiger partial charge in [-0.25, -0.2) is 0 Å². The number of aliphatic hydroxyl groups is 3. The molecule has 0 aliphatic carbocycles. The molecular weight excluding hydrogens is 260 g/mol. The number of para-hydroxylation sites is 1. The van der Waals surface area contributed by atoms with Crippen molar-refractivity contribution < 1.29 is 24.8 Å². The Balaban J connectivity index is 1.87. The molecule has 4 atom stereocenters. The van der Waals surface area contributed by atoms with E-state index < -0.39 is 18.0 Å². The zero-order valence-electron chi connectivity index (χ0n) is 11.2. The minimum absolute atomic E-state index is 0.0137. The normalized spacial score (nSPS) is 36.5. The number of hydrogen-bond acceptors (Lipinski definition) is 5. The van der Waals surface area contributed by atoms with Crippen molar-refractivity contribution in [3.05, 3.63) is 29.8 Å². The predicted octanol–water partition coefficient (Wildman–Crippen LogP) is 0.601. The summed E-state index contributed by atoms with van der Waals surface area (Å²) in [5.74, 6) is -0.513. The fourth-order valence-electron chi connectivity index (χ4n) is 3.06. The van der Waals surface area contributed by atoms with Gasteiger partial charge in [-0.15, -0.1) is 0 Å². The lowest BCUT2D eigenvalue weighted by Gasteiger charge is -2.48. The number of fused-ring (bicyclic) bond motifs is 1. The van der Waals surface area contributed by atoms with Gasteiger partial charge in [-0.05, 0) is 24.5 Å². The van der Waals surface area contributed by atoms with Crippen LogP contribution in [0.15, 0.2) is 24.3 Å². The maximum absolute atomic E-state index is 10.3. The van der Waals surface area contributed by atoms with E-state index in [4.69, 9.17) is 14.6 Å². The fourth-order valence-corrected chi connectivity index (χ4v) is 3.06. The van der Waals surface area contributed by atoms with Crippen LogP contribution in [-0.4, -0.2) is 46.0 Å².